The fourth-order valence-electron chi connectivity index (χ4n) is 1.72. The van der Waals surface area contributed by atoms with E-state index in [0.717, 1.165) is 16.0 Å². The number of aromatic nitrogens is 3. The average molecular weight is 340 g/mol. The zero-order valence-electron chi connectivity index (χ0n) is 10.5. The Morgan fingerprint density at radius 1 is 1.53 bits per heavy atom. The van der Waals surface area contributed by atoms with Gasteiger partial charge < -0.3 is 4.74 Å². The number of allylic oxidation sites excluding steroid dienone is 1. The van der Waals surface area contributed by atoms with E-state index in [2.05, 4.69) is 32.7 Å². The van der Waals surface area contributed by atoms with Gasteiger partial charge in [0.2, 0.25) is 0 Å². The van der Waals surface area contributed by atoms with Gasteiger partial charge in [-0.1, -0.05) is 22.0 Å². The third kappa shape index (κ3) is 3.33. The van der Waals surface area contributed by atoms with Crippen molar-refractivity contribution in [3.8, 4) is 5.75 Å². The van der Waals surface area contributed by atoms with Crippen LogP contribution in [0.4, 0.5) is 0 Å². The SMILES string of the molecule is C=CCn1c(C(C)Oc2ccc(Br)cc2)n[nH]c1=S. The van der Waals surface area contributed by atoms with Gasteiger partial charge in [-0.2, -0.15) is 5.10 Å². The Morgan fingerprint density at radius 2 is 2.21 bits per heavy atom. The van der Waals surface area contributed by atoms with Crippen LogP contribution in [-0.2, 0) is 6.54 Å². The predicted molar refractivity (Wildman–Crippen MR) is 80.8 cm³/mol. The molecule has 0 bridgehead atoms. The van der Waals surface area contributed by atoms with E-state index >= 15 is 0 Å². The first-order valence-electron chi connectivity index (χ1n) is 5.80. The Morgan fingerprint density at radius 3 is 2.84 bits per heavy atom. The third-order valence-corrected chi connectivity index (χ3v) is 3.43. The molecule has 19 heavy (non-hydrogen) atoms. The second-order valence-corrected chi connectivity index (χ2v) is 5.30. The molecule has 0 aliphatic rings. The monoisotopic (exact) mass is 339 g/mol. The Bertz CT molecular complexity index is 618. The lowest BCUT2D eigenvalue weighted by atomic mass is 10.3. The van der Waals surface area contributed by atoms with Gasteiger partial charge in [-0.3, -0.25) is 9.67 Å². The van der Waals surface area contributed by atoms with Gasteiger partial charge in [0.05, 0.1) is 0 Å². The first-order chi connectivity index (χ1) is 9.11. The first-order valence-corrected chi connectivity index (χ1v) is 7.00. The van der Waals surface area contributed by atoms with Crippen LogP contribution < -0.4 is 4.74 Å². The lowest BCUT2D eigenvalue weighted by Crippen LogP contribution is -2.11. The molecule has 2 aromatic rings. The van der Waals surface area contributed by atoms with Crippen LogP contribution in [0.2, 0.25) is 0 Å². The van der Waals surface area contributed by atoms with Gasteiger partial charge in [-0.05, 0) is 43.4 Å². The van der Waals surface area contributed by atoms with Crippen molar-refractivity contribution >= 4 is 28.1 Å². The van der Waals surface area contributed by atoms with E-state index in [1.807, 2.05) is 35.8 Å². The number of benzene rings is 1. The summed E-state index contributed by atoms with van der Waals surface area (Å²) in [6.45, 7) is 6.26. The number of ether oxygens (including phenoxy) is 1. The van der Waals surface area contributed by atoms with Gasteiger partial charge >= 0.3 is 0 Å². The van der Waals surface area contributed by atoms with E-state index in [1.54, 1.807) is 6.08 Å². The maximum Gasteiger partial charge on any atom is 0.195 e. The van der Waals surface area contributed by atoms with Crippen molar-refractivity contribution in [1.29, 1.82) is 0 Å². The second kappa shape index (κ2) is 6.16. The lowest BCUT2D eigenvalue weighted by molar-refractivity contribution is 0.211. The molecule has 1 atom stereocenters. The summed E-state index contributed by atoms with van der Waals surface area (Å²) in [5, 5.41) is 6.99. The molecule has 1 N–H and O–H groups in total. The van der Waals surface area contributed by atoms with E-state index < -0.39 is 0 Å². The summed E-state index contributed by atoms with van der Waals surface area (Å²) in [5.74, 6) is 1.54. The fraction of sp³-hybridized carbons (Fsp3) is 0.231. The van der Waals surface area contributed by atoms with Crippen molar-refractivity contribution in [2.24, 2.45) is 0 Å². The fourth-order valence-corrected chi connectivity index (χ4v) is 2.19. The van der Waals surface area contributed by atoms with Crippen molar-refractivity contribution in [2.75, 3.05) is 0 Å². The van der Waals surface area contributed by atoms with Gasteiger partial charge in [-0.15, -0.1) is 6.58 Å². The molecule has 100 valence electrons. The van der Waals surface area contributed by atoms with Crippen molar-refractivity contribution in [3.63, 3.8) is 0 Å². The standard InChI is InChI=1S/C13H14BrN3OS/c1-3-8-17-12(15-16-13(17)19)9(2)18-11-6-4-10(14)5-7-11/h3-7,9H,1,8H2,2H3,(H,16,19). The Labute approximate surface area is 125 Å². The molecule has 0 aliphatic heterocycles. The van der Waals surface area contributed by atoms with Crippen molar-refractivity contribution in [3.05, 3.63) is 52.0 Å². The summed E-state index contributed by atoms with van der Waals surface area (Å²) in [6, 6.07) is 7.67. The van der Waals surface area contributed by atoms with Crippen LogP contribution in [0.1, 0.15) is 18.9 Å². The molecule has 0 aliphatic carbocycles. The summed E-state index contributed by atoms with van der Waals surface area (Å²) >= 11 is 8.56. The van der Waals surface area contributed by atoms with Crippen LogP contribution in [-0.4, -0.2) is 14.8 Å². The van der Waals surface area contributed by atoms with Crippen molar-refractivity contribution in [1.82, 2.24) is 14.8 Å². The van der Waals surface area contributed by atoms with Gasteiger partial charge in [0.1, 0.15) is 5.75 Å². The van der Waals surface area contributed by atoms with Gasteiger partial charge in [0.15, 0.2) is 16.7 Å². The maximum absolute atomic E-state index is 5.85. The second-order valence-electron chi connectivity index (χ2n) is 4.00. The van der Waals surface area contributed by atoms with Gasteiger partial charge in [0.25, 0.3) is 0 Å². The summed E-state index contributed by atoms with van der Waals surface area (Å²) in [7, 11) is 0. The largest absolute Gasteiger partial charge is 0.483 e. The van der Waals surface area contributed by atoms with Gasteiger partial charge in [-0.25, -0.2) is 0 Å². The van der Waals surface area contributed by atoms with Crippen molar-refractivity contribution < 1.29 is 4.74 Å². The molecule has 1 heterocycles. The normalized spacial score (nSPS) is 12.1. The van der Waals surface area contributed by atoms with E-state index in [0.29, 0.717) is 11.3 Å². The molecule has 6 heteroatoms. The average Bonchev–Trinajstić information content (AvgIpc) is 2.75. The van der Waals surface area contributed by atoms with Gasteiger partial charge in [0, 0.05) is 11.0 Å². The summed E-state index contributed by atoms with van der Waals surface area (Å²) in [5.41, 5.74) is 0. The highest BCUT2D eigenvalue weighted by atomic mass is 79.9. The van der Waals surface area contributed by atoms with E-state index in [4.69, 9.17) is 17.0 Å². The molecule has 0 saturated carbocycles. The minimum atomic E-state index is -0.200. The molecule has 2 rings (SSSR count). The number of aromatic amines is 1. The van der Waals surface area contributed by atoms with Crippen LogP contribution in [0.3, 0.4) is 0 Å². The molecule has 0 amide bonds. The maximum atomic E-state index is 5.85. The summed E-state index contributed by atoms with van der Waals surface area (Å²) in [6.07, 6.45) is 1.58. The molecule has 1 aromatic carbocycles. The predicted octanol–water partition coefficient (Wildman–Crippen LogP) is 4.03. The summed E-state index contributed by atoms with van der Waals surface area (Å²) in [4.78, 5) is 0. The highest BCUT2D eigenvalue weighted by molar-refractivity contribution is 9.10. The van der Waals surface area contributed by atoms with Crippen LogP contribution >= 0.6 is 28.1 Å². The minimum Gasteiger partial charge on any atom is -0.483 e. The van der Waals surface area contributed by atoms with Crippen LogP contribution in [0.25, 0.3) is 0 Å². The number of nitrogens with one attached hydrogen (secondary N) is 1. The quantitative estimate of drug-likeness (QED) is 0.660. The molecule has 1 aromatic heterocycles. The molecule has 0 fully saturated rings. The zero-order valence-corrected chi connectivity index (χ0v) is 12.9. The highest BCUT2D eigenvalue weighted by Gasteiger charge is 2.15. The van der Waals surface area contributed by atoms with E-state index in [-0.39, 0.29) is 6.10 Å². The molecule has 0 spiro atoms. The third-order valence-electron chi connectivity index (χ3n) is 2.59. The molecule has 1 unspecified atom stereocenters. The smallest absolute Gasteiger partial charge is 0.195 e. The minimum absolute atomic E-state index is 0.200. The number of hydrogen-bond donors (Lipinski definition) is 1. The highest BCUT2D eigenvalue weighted by Crippen LogP contribution is 2.22. The van der Waals surface area contributed by atoms with E-state index in [1.165, 1.54) is 0 Å². The number of hydrogen-bond acceptors (Lipinski definition) is 3. The number of H-pyrrole nitrogens is 1. The number of halogens is 1. The van der Waals surface area contributed by atoms with E-state index in [9.17, 15) is 0 Å². The number of nitrogens with zero attached hydrogens (tertiary/aromatic N) is 2. The van der Waals surface area contributed by atoms with Crippen LogP contribution in [0.5, 0.6) is 5.75 Å². The topological polar surface area (TPSA) is 42.8 Å². The zero-order chi connectivity index (χ0) is 13.8. The molecule has 0 saturated heterocycles. The van der Waals surface area contributed by atoms with Crippen molar-refractivity contribution in [2.45, 2.75) is 19.6 Å². The molecular formula is C13H14BrN3OS. The van der Waals surface area contributed by atoms with Crippen LogP contribution in [0.15, 0.2) is 41.4 Å². The van der Waals surface area contributed by atoms with Crippen LogP contribution in [0, 0.1) is 4.77 Å². The number of rotatable bonds is 5. The Hall–Kier alpha value is -1.40. The Balaban J connectivity index is 2.20. The molecule has 0 radical (unpaired) electrons. The Kier molecular flexibility index (Phi) is 4.55. The summed E-state index contributed by atoms with van der Waals surface area (Å²) < 4.78 is 9.30. The first kappa shape index (κ1) is 14.0. The lowest BCUT2D eigenvalue weighted by Gasteiger charge is -2.14. The molecular weight excluding hydrogens is 326 g/mol. The molecule has 4 nitrogen and oxygen atoms in total.